The maximum atomic E-state index is 13.0. The summed E-state index contributed by atoms with van der Waals surface area (Å²) in [5.74, 6) is 2.13. The van der Waals surface area contributed by atoms with E-state index in [4.69, 9.17) is 0 Å². The Kier molecular flexibility index (Phi) is 4.35. The molecule has 2 heterocycles. The molecule has 1 saturated carbocycles. The molecule has 0 N–H and O–H groups in total. The Bertz CT molecular complexity index is 611. The summed E-state index contributed by atoms with van der Waals surface area (Å²) in [6.07, 6.45) is 2.76. The zero-order valence-corrected chi connectivity index (χ0v) is 14.5. The second kappa shape index (κ2) is 6.11. The minimum atomic E-state index is 0.0529. The van der Waals surface area contributed by atoms with Crippen molar-refractivity contribution in [1.82, 2.24) is 9.47 Å². The normalized spacial score (nSPS) is 18.6. The van der Waals surface area contributed by atoms with Crippen LogP contribution in [0, 0.1) is 13.8 Å². The molecule has 4 nitrogen and oxygen atoms in total. The first kappa shape index (κ1) is 15.7. The van der Waals surface area contributed by atoms with Crippen LogP contribution >= 0.6 is 11.8 Å². The van der Waals surface area contributed by atoms with Crippen LogP contribution in [0.5, 0.6) is 0 Å². The predicted molar refractivity (Wildman–Crippen MR) is 90.0 cm³/mol. The Labute approximate surface area is 136 Å². The number of aromatic nitrogens is 1. The van der Waals surface area contributed by atoms with Crippen molar-refractivity contribution in [3.05, 3.63) is 22.5 Å². The molecule has 22 heavy (non-hydrogen) atoms. The standard InChI is InChI=1S/C17H24N2O2S/c1-4-14(20)15-11(2)19(13-5-6-13)12(3)16(15)17(21)18-7-9-22-10-8-18/h13H,4-10H2,1-3H3. The average molecular weight is 320 g/mol. The summed E-state index contributed by atoms with van der Waals surface area (Å²) in [4.78, 5) is 27.4. The molecule has 1 aliphatic carbocycles. The Hall–Kier alpha value is -1.23. The van der Waals surface area contributed by atoms with Crippen LogP contribution in [0.25, 0.3) is 0 Å². The molecule has 2 fully saturated rings. The molecule has 1 amide bonds. The van der Waals surface area contributed by atoms with Crippen molar-refractivity contribution in [2.45, 2.75) is 46.1 Å². The molecule has 0 atom stereocenters. The number of ketones is 1. The lowest BCUT2D eigenvalue weighted by Crippen LogP contribution is -2.38. The molecule has 1 saturated heterocycles. The van der Waals surface area contributed by atoms with Gasteiger partial charge in [-0.1, -0.05) is 6.92 Å². The van der Waals surface area contributed by atoms with Crippen LogP contribution in [0.1, 0.15) is 64.3 Å². The molecule has 0 radical (unpaired) electrons. The first-order valence-electron chi connectivity index (χ1n) is 8.17. The van der Waals surface area contributed by atoms with E-state index < -0.39 is 0 Å². The molecule has 1 aromatic rings. The highest BCUT2D eigenvalue weighted by Gasteiger charge is 2.34. The number of amides is 1. The first-order valence-corrected chi connectivity index (χ1v) is 9.33. The van der Waals surface area contributed by atoms with Gasteiger partial charge in [0.1, 0.15) is 0 Å². The van der Waals surface area contributed by atoms with Gasteiger partial charge in [0, 0.05) is 48.4 Å². The van der Waals surface area contributed by atoms with Crippen molar-refractivity contribution >= 4 is 23.5 Å². The molecule has 0 bridgehead atoms. The van der Waals surface area contributed by atoms with E-state index in [0.717, 1.165) is 48.8 Å². The number of Topliss-reactive ketones (excluding diaryl/α,β-unsaturated/α-hetero) is 1. The number of carbonyl (C=O) groups excluding carboxylic acids is 2. The lowest BCUT2D eigenvalue weighted by molar-refractivity contribution is 0.0766. The molecular formula is C17H24N2O2S. The monoisotopic (exact) mass is 320 g/mol. The molecular weight excluding hydrogens is 296 g/mol. The van der Waals surface area contributed by atoms with Crippen molar-refractivity contribution in [1.29, 1.82) is 0 Å². The van der Waals surface area contributed by atoms with Gasteiger partial charge in [-0.05, 0) is 26.7 Å². The number of rotatable bonds is 4. The molecule has 1 aliphatic heterocycles. The second-order valence-electron chi connectivity index (χ2n) is 6.20. The van der Waals surface area contributed by atoms with E-state index in [1.54, 1.807) is 0 Å². The molecule has 2 aliphatic rings. The lowest BCUT2D eigenvalue weighted by atomic mass is 10.0. The molecule has 120 valence electrons. The molecule has 0 unspecified atom stereocenters. The maximum Gasteiger partial charge on any atom is 0.256 e. The minimum absolute atomic E-state index is 0.0529. The molecule has 0 spiro atoms. The van der Waals surface area contributed by atoms with Crippen LogP contribution in [-0.2, 0) is 0 Å². The van der Waals surface area contributed by atoms with Crippen LogP contribution in [0.4, 0.5) is 0 Å². The third-order valence-corrected chi connectivity index (χ3v) is 5.66. The quantitative estimate of drug-likeness (QED) is 0.800. The SMILES string of the molecule is CCC(=O)c1c(C(=O)N2CCSCC2)c(C)n(C2CC2)c1C. The Balaban J connectivity index is 2.06. The molecule has 5 heteroatoms. The van der Waals surface area contributed by atoms with Crippen molar-refractivity contribution in [3.63, 3.8) is 0 Å². The van der Waals surface area contributed by atoms with Gasteiger partial charge in [-0.15, -0.1) is 0 Å². The van der Waals surface area contributed by atoms with Gasteiger partial charge in [-0.25, -0.2) is 0 Å². The zero-order chi connectivity index (χ0) is 15.9. The fraction of sp³-hybridized carbons (Fsp3) is 0.647. The van der Waals surface area contributed by atoms with Gasteiger partial charge in [-0.2, -0.15) is 11.8 Å². The van der Waals surface area contributed by atoms with Crippen molar-refractivity contribution in [2.75, 3.05) is 24.6 Å². The number of hydrogen-bond acceptors (Lipinski definition) is 3. The van der Waals surface area contributed by atoms with E-state index in [1.165, 1.54) is 0 Å². The van der Waals surface area contributed by atoms with Crippen LogP contribution in [0.2, 0.25) is 0 Å². The minimum Gasteiger partial charge on any atom is -0.345 e. The summed E-state index contributed by atoms with van der Waals surface area (Å²) < 4.78 is 2.23. The number of hydrogen-bond donors (Lipinski definition) is 0. The zero-order valence-electron chi connectivity index (χ0n) is 13.6. The van der Waals surface area contributed by atoms with Gasteiger partial charge in [-0.3, -0.25) is 9.59 Å². The summed E-state index contributed by atoms with van der Waals surface area (Å²) >= 11 is 1.89. The Morgan fingerprint density at radius 3 is 2.23 bits per heavy atom. The van der Waals surface area contributed by atoms with Gasteiger partial charge in [0.25, 0.3) is 5.91 Å². The van der Waals surface area contributed by atoms with Gasteiger partial charge < -0.3 is 9.47 Å². The van der Waals surface area contributed by atoms with E-state index in [2.05, 4.69) is 4.57 Å². The number of carbonyl (C=O) groups is 2. The first-order chi connectivity index (χ1) is 10.6. The van der Waals surface area contributed by atoms with Crippen LogP contribution in [0.15, 0.2) is 0 Å². The van der Waals surface area contributed by atoms with E-state index in [-0.39, 0.29) is 11.7 Å². The Morgan fingerprint density at radius 1 is 1.09 bits per heavy atom. The van der Waals surface area contributed by atoms with Gasteiger partial charge in [0.05, 0.1) is 11.1 Å². The van der Waals surface area contributed by atoms with Crippen molar-refractivity contribution < 1.29 is 9.59 Å². The number of nitrogens with zero attached hydrogens (tertiary/aromatic N) is 2. The maximum absolute atomic E-state index is 13.0. The average Bonchev–Trinajstić information content (AvgIpc) is 3.32. The lowest BCUT2D eigenvalue weighted by Gasteiger charge is -2.27. The second-order valence-corrected chi connectivity index (χ2v) is 7.43. The van der Waals surface area contributed by atoms with Crippen molar-refractivity contribution in [3.8, 4) is 0 Å². The highest BCUT2D eigenvalue weighted by atomic mass is 32.2. The highest BCUT2D eigenvalue weighted by molar-refractivity contribution is 7.99. The summed E-state index contributed by atoms with van der Waals surface area (Å²) in [6.45, 7) is 7.45. The third-order valence-electron chi connectivity index (χ3n) is 4.72. The molecule has 3 rings (SSSR count). The predicted octanol–water partition coefficient (Wildman–Crippen LogP) is 3.22. The third kappa shape index (κ3) is 2.60. The Morgan fingerprint density at radius 2 is 1.68 bits per heavy atom. The largest absolute Gasteiger partial charge is 0.345 e. The summed E-state index contributed by atoms with van der Waals surface area (Å²) in [5, 5.41) is 0. The van der Waals surface area contributed by atoms with Crippen LogP contribution in [0.3, 0.4) is 0 Å². The van der Waals surface area contributed by atoms with Gasteiger partial charge in [0.15, 0.2) is 5.78 Å². The summed E-state index contributed by atoms with van der Waals surface area (Å²) in [5.41, 5.74) is 3.32. The fourth-order valence-electron chi connectivity index (χ4n) is 3.44. The van der Waals surface area contributed by atoms with E-state index >= 15 is 0 Å². The highest BCUT2D eigenvalue weighted by Crippen LogP contribution is 2.40. The van der Waals surface area contributed by atoms with Crippen LogP contribution in [-0.4, -0.2) is 45.8 Å². The van der Waals surface area contributed by atoms with E-state index in [1.807, 2.05) is 37.4 Å². The molecule has 1 aromatic heterocycles. The van der Waals surface area contributed by atoms with Gasteiger partial charge in [0.2, 0.25) is 0 Å². The summed E-state index contributed by atoms with van der Waals surface area (Å²) in [7, 11) is 0. The molecule has 0 aromatic carbocycles. The number of thioether (sulfide) groups is 1. The van der Waals surface area contributed by atoms with E-state index in [0.29, 0.717) is 23.6 Å². The van der Waals surface area contributed by atoms with Crippen molar-refractivity contribution in [2.24, 2.45) is 0 Å². The van der Waals surface area contributed by atoms with Gasteiger partial charge >= 0.3 is 0 Å². The smallest absolute Gasteiger partial charge is 0.256 e. The van der Waals surface area contributed by atoms with E-state index in [9.17, 15) is 9.59 Å². The van der Waals surface area contributed by atoms with Crippen LogP contribution < -0.4 is 0 Å². The fourth-order valence-corrected chi connectivity index (χ4v) is 4.34. The summed E-state index contributed by atoms with van der Waals surface area (Å²) in [6, 6.07) is 0.488. The topological polar surface area (TPSA) is 42.3 Å².